The molecule has 0 spiro atoms. The first-order valence-corrected chi connectivity index (χ1v) is 37.7. The number of nitro groups is 1. The monoisotopic (exact) mass is 1660 g/mol. The second kappa shape index (κ2) is 45.1. The summed E-state index contributed by atoms with van der Waals surface area (Å²) >= 11 is 29.0. The van der Waals surface area contributed by atoms with E-state index in [1.165, 1.54) is 30.2 Å². The zero-order chi connectivity index (χ0) is 85.6. The molecular formula is C80H105B2Cl5F2N10O14. The van der Waals surface area contributed by atoms with Gasteiger partial charge in [0.25, 0.3) is 5.69 Å². The Labute approximate surface area is 690 Å². The van der Waals surface area contributed by atoms with Crippen molar-refractivity contribution in [3.8, 4) is 34.3 Å². The van der Waals surface area contributed by atoms with Crippen LogP contribution in [0.15, 0.2) is 146 Å². The van der Waals surface area contributed by atoms with Gasteiger partial charge in [-0.25, -0.2) is 38.1 Å². The topological polar surface area (TPSA) is 288 Å². The van der Waals surface area contributed by atoms with E-state index in [0.29, 0.717) is 96.3 Å². The molecule has 3 aromatic heterocycles. The minimum absolute atomic E-state index is 0.0178. The van der Waals surface area contributed by atoms with Crippen LogP contribution in [-0.2, 0) is 14.2 Å². The lowest BCUT2D eigenvalue weighted by molar-refractivity contribution is -0.384. The summed E-state index contributed by atoms with van der Waals surface area (Å²) in [6.45, 7) is 40.9. The number of hydrogen-bond donors (Lipinski definition) is 5. The van der Waals surface area contributed by atoms with E-state index in [-0.39, 0.29) is 51.5 Å². The van der Waals surface area contributed by atoms with Crippen molar-refractivity contribution in [1.82, 2.24) is 35.0 Å². The number of nitrogens with one attached hydrogen (secondary N) is 1. The summed E-state index contributed by atoms with van der Waals surface area (Å²) in [4.78, 5) is 66.8. The molecule has 0 unspecified atom stereocenters. The highest BCUT2D eigenvalue weighted by Gasteiger charge is 2.34. The second-order valence-corrected chi connectivity index (χ2v) is 32.5. The molecule has 0 aliphatic carbocycles. The molecule has 10 rings (SSSR count). The van der Waals surface area contributed by atoms with Gasteiger partial charge in [-0.15, -0.1) is 12.6 Å². The molecule has 113 heavy (non-hydrogen) atoms. The fourth-order valence-corrected chi connectivity index (χ4v) is 9.74. The number of pyridine rings is 3. The van der Waals surface area contributed by atoms with Gasteiger partial charge in [0, 0.05) is 95.5 Å². The second-order valence-electron chi connectivity index (χ2n) is 30.5. The summed E-state index contributed by atoms with van der Waals surface area (Å²) in [6, 6.07) is 35.9. The van der Waals surface area contributed by atoms with Crippen LogP contribution in [-0.4, -0.2) is 207 Å². The molecule has 3 fully saturated rings. The molecule has 7 aromatic rings. The number of aliphatic hydroxyl groups is 4. The third-order valence-corrected chi connectivity index (χ3v) is 16.9. The van der Waals surface area contributed by atoms with Gasteiger partial charge in [-0.1, -0.05) is 75.6 Å². The molecule has 3 amide bonds. The number of halogens is 7. The van der Waals surface area contributed by atoms with E-state index in [9.17, 15) is 33.3 Å². The lowest BCUT2D eigenvalue weighted by Gasteiger charge is -2.36. The largest absolute Gasteiger partial charge is 0.457 e. The fourth-order valence-electron chi connectivity index (χ4n) is 8.63. The predicted octanol–water partition coefficient (Wildman–Crippen LogP) is 16.7. The van der Waals surface area contributed by atoms with Crippen molar-refractivity contribution in [3.05, 3.63) is 194 Å². The average Bonchev–Trinajstić information content (AvgIpc) is 0.817. The Bertz CT molecular complexity index is 3970. The molecule has 0 bridgehead atoms. The van der Waals surface area contributed by atoms with Gasteiger partial charge < -0.3 is 73.9 Å². The Morgan fingerprint density at radius 1 is 0.460 bits per heavy atom. The number of amides is 3. The van der Waals surface area contributed by atoms with Crippen molar-refractivity contribution < 1.29 is 72.2 Å². The maximum atomic E-state index is 13.1. The number of benzene rings is 4. The molecule has 3 saturated heterocycles. The molecule has 5 N–H and O–H groups in total. The van der Waals surface area contributed by atoms with Gasteiger partial charge in [0.15, 0.2) is 0 Å². The van der Waals surface area contributed by atoms with Crippen LogP contribution in [0.3, 0.4) is 0 Å². The maximum absolute atomic E-state index is 13.1. The summed E-state index contributed by atoms with van der Waals surface area (Å²) in [6.07, 6.45) is -0.759. The summed E-state index contributed by atoms with van der Waals surface area (Å²) in [5, 5.41) is 50.9. The Hall–Kier alpha value is -8.28. The average molecular weight is 1670 g/mol. The zero-order valence-corrected chi connectivity index (χ0v) is 70.9. The zero-order valence-electron chi connectivity index (χ0n) is 67.2. The van der Waals surface area contributed by atoms with Crippen LogP contribution in [0.1, 0.15) is 118 Å². The van der Waals surface area contributed by atoms with Crippen molar-refractivity contribution in [2.75, 3.05) is 88.3 Å². The smallest absolute Gasteiger partial charge is 0.410 e. The van der Waals surface area contributed by atoms with Gasteiger partial charge in [-0.3, -0.25) is 10.1 Å². The number of aromatic nitrogens is 3. The quantitative estimate of drug-likeness (QED) is 0.0279. The van der Waals surface area contributed by atoms with E-state index in [0.717, 1.165) is 60.9 Å². The molecular weight excluding hydrogens is 1560 g/mol. The minimum atomic E-state index is -1.01. The van der Waals surface area contributed by atoms with Crippen LogP contribution in [0.25, 0.3) is 11.3 Å². The van der Waals surface area contributed by atoms with Crippen molar-refractivity contribution in [2.45, 2.75) is 157 Å². The van der Waals surface area contributed by atoms with Crippen molar-refractivity contribution >= 4 is 115 Å². The van der Waals surface area contributed by atoms with Gasteiger partial charge in [-0.2, -0.15) is 0 Å². The van der Waals surface area contributed by atoms with E-state index < -0.39 is 38.5 Å². The van der Waals surface area contributed by atoms with Gasteiger partial charge in [0.2, 0.25) is 0 Å². The number of ether oxygens (including phenoxy) is 5. The van der Waals surface area contributed by atoms with Crippen molar-refractivity contribution in [2.24, 2.45) is 0 Å². The molecule has 3 aliphatic heterocycles. The summed E-state index contributed by atoms with van der Waals surface area (Å²) < 4.78 is 53.0. The highest BCUT2D eigenvalue weighted by Crippen LogP contribution is 2.32. The Balaban J connectivity index is 0.000000362. The maximum Gasteiger partial charge on any atom is 0.410 e. The first-order chi connectivity index (χ1) is 52.1. The highest BCUT2D eigenvalue weighted by atomic mass is 35.5. The summed E-state index contributed by atoms with van der Waals surface area (Å²) in [5.41, 5.74) is -1.37. The molecule has 6 heterocycles. The van der Waals surface area contributed by atoms with Crippen LogP contribution in [0.2, 0.25) is 25.8 Å². The van der Waals surface area contributed by atoms with Crippen molar-refractivity contribution in [3.63, 3.8) is 0 Å². The molecule has 24 nitrogen and oxygen atoms in total. The van der Waals surface area contributed by atoms with Crippen LogP contribution in [0.4, 0.5) is 40.2 Å². The molecule has 3 aliphatic rings. The van der Waals surface area contributed by atoms with Crippen molar-refractivity contribution in [1.29, 1.82) is 0 Å². The van der Waals surface area contributed by atoms with E-state index in [1.807, 2.05) is 98.7 Å². The third kappa shape index (κ3) is 39.6. The number of nitrogens with zero attached hydrogens (tertiary/aromatic N) is 9. The predicted molar refractivity (Wildman–Crippen MR) is 446 cm³/mol. The fraction of sp³-hybridized carbons (Fsp3) is 0.450. The molecule has 0 saturated carbocycles. The van der Waals surface area contributed by atoms with E-state index in [4.69, 9.17) is 110 Å². The minimum Gasteiger partial charge on any atom is -0.457 e. The number of carbonyl (C=O) groups is 3. The number of carbonyl (C=O) groups excluding carboxylic acids is 3. The normalized spacial score (nSPS) is 13.8. The molecule has 33 heteroatoms. The van der Waals surface area contributed by atoms with Gasteiger partial charge in [-0.05, 0) is 227 Å². The number of piperazine rings is 3. The van der Waals surface area contributed by atoms with Gasteiger partial charge >= 0.3 is 18.3 Å². The number of rotatable bonds is 10. The summed E-state index contributed by atoms with van der Waals surface area (Å²) in [7, 11) is 10.1. The first kappa shape index (κ1) is 98.9. The SMILES string of the molecule is CC(C)(C)OC(=O)N1CCN(c2cc(Cl)nc(-c3ccc(Oc4ccc(F)cc4)cc3)c2)CC1.CC(C)(C)OC(=O)N1CCN(c2cc(Cl)nc(Cl)c2)CC1.CC(C)(C)OC(=O)N1CCNCC1.CC(C)(O)C(C)(C)O.CC(C)(O)C(C)(C)O.O=[N+]([O-])c1cc(Cl)nc(Cl)c1.[B]C=C.[B]c1ccc(Oc2ccc(F)cc2)cc1. The van der Waals surface area contributed by atoms with E-state index >= 15 is 0 Å². The lowest BCUT2D eigenvalue weighted by atomic mass is 9.90. The Kier molecular flexibility index (Phi) is 39.5. The number of hydrogen-bond acceptors (Lipinski definition) is 20. The first-order valence-electron chi connectivity index (χ1n) is 35.8. The molecule has 0 atom stereocenters. The Morgan fingerprint density at radius 2 is 0.726 bits per heavy atom. The standard InChI is InChI=1S/C26H27ClFN3O3.C14H19Cl2N3O2.C12H8BFO.C9H18N2O2.2C6H14O2.C5H2Cl2N2O2.C2H3B/c1-26(2,3)34-25(32)31-14-12-30(13-15-31)20-16-23(29-24(27)17-20)18-4-8-21(9-5-18)33-22-10-6-19(28)7-11-22;1-14(2,3)21-13(20)19-6-4-18(5-7-19)10-8-11(15)17-12(16)9-10;13-9-1-5-11(6-2-9)15-12-7-3-10(14)4-8-12;1-9(2,3)13-8(12)11-6-4-10-5-7-11;2*1-5(2,7)6(3,4)8;6-4-1-3(9(10)11)2-5(7)8-4;1-2-3/h4-11,16-17H,12-15H2,1-3H3;8-9H,4-7H2,1-3H3;1-8H;10H,4-7H2,1-3H3;2*7-8H,1-4H3;1-2H;2H,1H2. The van der Waals surface area contributed by atoms with Gasteiger partial charge in [0.1, 0.15) is 92.9 Å². The molecule has 614 valence electrons. The van der Waals surface area contributed by atoms with Gasteiger partial charge in [0.05, 0.1) is 45.2 Å². The van der Waals surface area contributed by atoms with Crippen LogP contribution in [0, 0.1) is 21.7 Å². The Morgan fingerprint density at radius 3 is 1.02 bits per heavy atom. The van der Waals surface area contributed by atoms with E-state index in [1.54, 1.807) is 131 Å². The molecule has 4 radical (unpaired) electrons. The summed E-state index contributed by atoms with van der Waals surface area (Å²) in [5.74, 6) is 3.13. The lowest BCUT2D eigenvalue weighted by Crippen LogP contribution is -2.50. The third-order valence-electron chi connectivity index (χ3n) is 16.0. The van der Waals surface area contributed by atoms with E-state index in [2.05, 4.69) is 44.5 Å². The van der Waals surface area contributed by atoms with Crippen LogP contribution < -0.4 is 30.1 Å². The number of anilines is 2. The van der Waals surface area contributed by atoms with Crippen LogP contribution in [0.5, 0.6) is 23.0 Å². The molecule has 4 aromatic carbocycles. The van der Waals surface area contributed by atoms with Crippen LogP contribution >= 0.6 is 58.0 Å². The highest BCUT2D eigenvalue weighted by molar-refractivity contribution is 6.33.